The van der Waals surface area contributed by atoms with E-state index in [1.165, 1.54) is 137 Å². The van der Waals surface area contributed by atoms with Gasteiger partial charge in [0.1, 0.15) is 0 Å². The van der Waals surface area contributed by atoms with Crippen molar-refractivity contribution < 1.29 is 0 Å². The summed E-state index contributed by atoms with van der Waals surface area (Å²) in [6.07, 6.45) is 0. The summed E-state index contributed by atoms with van der Waals surface area (Å²) in [5, 5.41) is 9.98. The van der Waals surface area contributed by atoms with Gasteiger partial charge < -0.3 is 9.13 Å². The van der Waals surface area contributed by atoms with E-state index in [-0.39, 0.29) is 5.41 Å². The van der Waals surface area contributed by atoms with Crippen LogP contribution in [0.5, 0.6) is 0 Å². The van der Waals surface area contributed by atoms with Gasteiger partial charge in [0.25, 0.3) is 0 Å². The van der Waals surface area contributed by atoms with Crippen molar-refractivity contribution in [3.63, 3.8) is 0 Å². The normalized spacial score (nSPS) is 11.9. The number of rotatable bonds is 8. The summed E-state index contributed by atoms with van der Waals surface area (Å²) in [7, 11) is 0. The van der Waals surface area contributed by atoms with Gasteiger partial charge in [-0.2, -0.15) is 0 Å². The van der Waals surface area contributed by atoms with Crippen LogP contribution in [0.1, 0.15) is 26.3 Å². The van der Waals surface area contributed by atoms with Crippen LogP contribution in [0, 0.1) is 0 Å². The number of nitrogens with zero attached hydrogens (tertiary/aromatic N) is 2. The highest BCUT2D eigenvalue weighted by molar-refractivity contribution is 6.22. The van der Waals surface area contributed by atoms with E-state index in [1.54, 1.807) is 0 Å². The summed E-state index contributed by atoms with van der Waals surface area (Å²) >= 11 is 0. The largest absolute Gasteiger partial charge is 0.309 e. The maximum Gasteiger partial charge on any atom is 0.0541 e. The molecule has 2 nitrogen and oxygen atoms in total. The summed E-state index contributed by atoms with van der Waals surface area (Å²) in [6, 6.07) is 106. The van der Waals surface area contributed by atoms with Gasteiger partial charge in [0.05, 0.1) is 22.1 Å². The summed E-state index contributed by atoms with van der Waals surface area (Å²) < 4.78 is 4.81. The zero-order valence-corrected chi connectivity index (χ0v) is 45.0. The lowest BCUT2D eigenvalue weighted by Crippen LogP contribution is -2.10. The molecule has 2 aromatic heterocycles. The lowest BCUT2D eigenvalue weighted by atomic mass is 9.81. The molecule has 0 amide bonds. The van der Waals surface area contributed by atoms with Gasteiger partial charge in [0, 0.05) is 32.9 Å². The van der Waals surface area contributed by atoms with Crippen LogP contribution in [-0.4, -0.2) is 9.13 Å². The molecule has 0 aliphatic carbocycles. The topological polar surface area (TPSA) is 9.86 Å². The van der Waals surface area contributed by atoms with Crippen molar-refractivity contribution in [2.75, 3.05) is 0 Å². The van der Waals surface area contributed by atoms with Crippen LogP contribution in [0.4, 0.5) is 0 Å². The lowest BCUT2D eigenvalue weighted by molar-refractivity contribution is 0.591. The first kappa shape index (κ1) is 47.2. The van der Waals surface area contributed by atoms with E-state index in [9.17, 15) is 0 Å². The van der Waals surface area contributed by atoms with Crippen LogP contribution in [0.25, 0.3) is 143 Å². The highest BCUT2D eigenvalue weighted by Gasteiger charge is 2.22. The predicted molar refractivity (Wildman–Crippen MR) is 341 cm³/mol. The molecule has 0 radical (unpaired) electrons. The molecule has 0 aliphatic heterocycles. The number of fused-ring (bicyclic) bond motifs is 8. The second-order valence-electron chi connectivity index (χ2n) is 22.5. The number of para-hydroxylation sites is 2. The summed E-state index contributed by atoms with van der Waals surface area (Å²) in [6.45, 7) is 6.95. The first-order valence-corrected chi connectivity index (χ1v) is 27.9. The Morgan fingerprint density at radius 3 is 0.863 bits per heavy atom. The molecule has 0 atom stereocenters. The Morgan fingerprint density at radius 2 is 0.500 bits per heavy atom. The third-order valence-electron chi connectivity index (χ3n) is 16.7. The van der Waals surface area contributed by atoms with Crippen LogP contribution < -0.4 is 0 Å². The smallest absolute Gasteiger partial charge is 0.0541 e. The van der Waals surface area contributed by atoms with Crippen molar-refractivity contribution in [3.05, 3.63) is 291 Å². The molecule has 0 unspecified atom stereocenters. The fraction of sp³-hybridized carbons (Fsp3) is 0.0513. The van der Waals surface area contributed by atoms with E-state index in [1.807, 2.05) is 0 Å². The Kier molecular flexibility index (Phi) is 11.1. The quantitative estimate of drug-likeness (QED) is 0.134. The van der Waals surface area contributed by atoms with E-state index in [0.29, 0.717) is 0 Å². The van der Waals surface area contributed by atoms with E-state index in [2.05, 4.69) is 315 Å². The molecular formula is C78H56N2. The summed E-state index contributed by atoms with van der Waals surface area (Å²) in [4.78, 5) is 0. The van der Waals surface area contributed by atoms with Crippen molar-refractivity contribution in [2.45, 2.75) is 26.2 Å². The second-order valence-corrected chi connectivity index (χ2v) is 22.5. The van der Waals surface area contributed by atoms with E-state index in [0.717, 1.165) is 11.4 Å². The van der Waals surface area contributed by atoms with Crippen molar-refractivity contribution >= 4 is 65.2 Å². The highest BCUT2D eigenvalue weighted by Crippen LogP contribution is 2.47. The van der Waals surface area contributed by atoms with E-state index >= 15 is 0 Å². The van der Waals surface area contributed by atoms with Crippen LogP contribution in [0.15, 0.2) is 285 Å². The molecular weight excluding hydrogens is 965 g/mol. The van der Waals surface area contributed by atoms with Crippen molar-refractivity contribution in [1.82, 2.24) is 9.13 Å². The molecule has 15 rings (SSSR count). The number of hydrogen-bond donors (Lipinski definition) is 0. The van der Waals surface area contributed by atoms with Crippen LogP contribution >= 0.6 is 0 Å². The molecule has 15 aromatic rings. The fourth-order valence-corrected chi connectivity index (χ4v) is 12.7. The number of hydrogen-bond acceptors (Lipinski definition) is 0. The standard InChI is InChI=1S/C78H56N2/c1-78(2,3)61-40-41-66-71(50-61)77(56-34-30-54(31-35-56)60-39-45-75-70(49-60)68-47-58(52-20-10-5-11-21-52)37-43-73(68)80(75)63-24-14-7-15-25-63)65-27-17-16-26-64(65)76(66)55-32-28-53(29-33-55)59-38-44-74-69(48-59)67-46-57(51-18-8-4-9-19-51)36-42-72(67)79(74)62-22-12-6-13-23-62/h4-50H,1-3H3. The van der Waals surface area contributed by atoms with Crippen molar-refractivity contribution in [1.29, 1.82) is 0 Å². The van der Waals surface area contributed by atoms with Gasteiger partial charge in [-0.15, -0.1) is 0 Å². The molecule has 0 saturated heterocycles. The van der Waals surface area contributed by atoms with Gasteiger partial charge >= 0.3 is 0 Å². The van der Waals surface area contributed by atoms with Gasteiger partial charge in [-0.25, -0.2) is 0 Å². The Bertz CT molecular complexity index is 4850. The molecule has 378 valence electrons. The van der Waals surface area contributed by atoms with Gasteiger partial charge in [0.2, 0.25) is 0 Å². The molecule has 0 N–H and O–H groups in total. The van der Waals surface area contributed by atoms with E-state index < -0.39 is 0 Å². The van der Waals surface area contributed by atoms with Crippen LogP contribution in [0.3, 0.4) is 0 Å². The maximum atomic E-state index is 2.47. The molecule has 0 spiro atoms. The minimum absolute atomic E-state index is 0.0372. The SMILES string of the molecule is CC(C)(C)c1ccc2c(-c3ccc(-c4ccc5c(c4)c4cc(-c6ccccc6)ccc4n5-c4ccccc4)cc3)c3ccccc3c(-c3ccc(-c4ccc5c(c4)c4cc(-c6ccccc6)ccc4n5-c4ccccc4)cc3)c2c1. The number of aromatic nitrogens is 2. The average Bonchev–Trinajstić information content (AvgIpc) is 4.20. The Balaban J connectivity index is 0.837. The minimum atomic E-state index is -0.0372. The van der Waals surface area contributed by atoms with Crippen LogP contribution in [0.2, 0.25) is 0 Å². The third kappa shape index (κ3) is 7.94. The maximum absolute atomic E-state index is 2.47. The zero-order valence-electron chi connectivity index (χ0n) is 45.0. The van der Waals surface area contributed by atoms with Gasteiger partial charge in [-0.05, 0) is 178 Å². The number of benzene rings is 13. The van der Waals surface area contributed by atoms with Gasteiger partial charge in [-0.3, -0.25) is 0 Å². The second kappa shape index (κ2) is 18.9. The Hall–Kier alpha value is -10.0. The van der Waals surface area contributed by atoms with Gasteiger partial charge in [0.15, 0.2) is 0 Å². The Morgan fingerprint density at radius 1 is 0.212 bits per heavy atom. The summed E-state index contributed by atoms with van der Waals surface area (Å²) in [5.41, 5.74) is 23.0. The molecule has 0 aliphatic rings. The first-order valence-electron chi connectivity index (χ1n) is 27.9. The third-order valence-corrected chi connectivity index (χ3v) is 16.7. The van der Waals surface area contributed by atoms with Gasteiger partial charge in [-0.1, -0.05) is 227 Å². The monoisotopic (exact) mass is 1020 g/mol. The van der Waals surface area contributed by atoms with Crippen molar-refractivity contribution in [2.24, 2.45) is 0 Å². The average molecular weight is 1020 g/mol. The predicted octanol–water partition coefficient (Wildman–Crippen LogP) is 21.5. The molecule has 0 fully saturated rings. The zero-order chi connectivity index (χ0) is 53.5. The highest BCUT2D eigenvalue weighted by atomic mass is 15.0. The molecule has 0 bridgehead atoms. The molecule has 13 aromatic carbocycles. The molecule has 80 heavy (non-hydrogen) atoms. The molecule has 2 heterocycles. The minimum Gasteiger partial charge on any atom is -0.309 e. The fourth-order valence-electron chi connectivity index (χ4n) is 12.7. The Labute approximate surface area is 466 Å². The molecule has 2 heteroatoms. The lowest BCUT2D eigenvalue weighted by Gasteiger charge is -2.23. The first-order chi connectivity index (χ1) is 39.3. The summed E-state index contributed by atoms with van der Waals surface area (Å²) in [5.74, 6) is 0. The molecule has 0 saturated carbocycles. The van der Waals surface area contributed by atoms with E-state index in [4.69, 9.17) is 0 Å². The van der Waals surface area contributed by atoms with Crippen LogP contribution in [-0.2, 0) is 5.41 Å². The van der Waals surface area contributed by atoms with Crippen molar-refractivity contribution in [3.8, 4) is 78.1 Å².